The molecule has 0 saturated carbocycles. The molecule has 9 rings (SSSR count). The van der Waals surface area contributed by atoms with Crippen molar-refractivity contribution in [1.82, 2.24) is 0 Å². The fourth-order valence-electron chi connectivity index (χ4n) is 6.08. The molecule has 1 heterocycles. The second-order valence-electron chi connectivity index (χ2n) is 10.5. The zero-order valence-electron chi connectivity index (χ0n) is 38.4. The fraction of sp³-hybridized carbons (Fsp3) is 0. The quantitative estimate of drug-likeness (QED) is 0.187. The van der Waals surface area contributed by atoms with Crippen LogP contribution in [-0.4, -0.2) is 0 Å². The van der Waals surface area contributed by atoms with E-state index in [4.69, 9.17) is 19.5 Å². The minimum Gasteiger partial charge on any atom is -0.455 e. The molecule has 0 aliphatic carbocycles. The van der Waals surface area contributed by atoms with Crippen molar-refractivity contribution in [2.45, 2.75) is 0 Å². The van der Waals surface area contributed by atoms with Gasteiger partial charge in [-0.1, -0.05) is 157 Å². The molecule has 210 valence electrons. The van der Waals surface area contributed by atoms with Crippen LogP contribution >= 0.6 is 0 Å². The maximum absolute atomic E-state index is 9.69. The Hall–Kier alpha value is -5.92. The third kappa shape index (κ3) is 4.09. The van der Waals surface area contributed by atoms with Gasteiger partial charge < -0.3 is 4.42 Å². The van der Waals surface area contributed by atoms with Gasteiger partial charge in [0.2, 0.25) is 0 Å². The summed E-state index contributed by atoms with van der Waals surface area (Å²) in [6, 6.07) is 14.4. The molecule has 0 saturated heterocycles. The molecular weight excluding hydrogens is 544 g/mol. The molecule has 45 heavy (non-hydrogen) atoms. The molecule has 0 atom stereocenters. The van der Waals surface area contributed by atoms with Crippen molar-refractivity contribution in [3.63, 3.8) is 0 Å². The number of rotatable bonds is 4. The van der Waals surface area contributed by atoms with Crippen LogP contribution in [0.2, 0.25) is 0 Å². The van der Waals surface area contributed by atoms with Gasteiger partial charge in [-0.3, -0.25) is 0 Å². The van der Waals surface area contributed by atoms with Gasteiger partial charge in [0.25, 0.3) is 0 Å². The minimum absolute atomic E-state index is 0.0173. The van der Waals surface area contributed by atoms with Crippen LogP contribution in [0.3, 0.4) is 0 Å². The summed E-state index contributed by atoms with van der Waals surface area (Å²) in [4.78, 5) is 0. The molecule has 8 aromatic carbocycles. The van der Waals surface area contributed by atoms with E-state index in [0.29, 0.717) is 32.7 Å². The van der Waals surface area contributed by atoms with E-state index in [9.17, 15) is 5.48 Å². The summed E-state index contributed by atoms with van der Waals surface area (Å²) in [7, 11) is 0. The summed E-state index contributed by atoms with van der Waals surface area (Å²) >= 11 is 0. The van der Waals surface area contributed by atoms with Crippen LogP contribution in [0.15, 0.2) is 174 Å². The van der Waals surface area contributed by atoms with Crippen molar-refractivity contribution < 1.29 is 25.0 Å². The van der Waals surface area contributed by atoms with Gasteiger partial charge in [0.15, 0.2) is 0 Å². The monoisotopic (exact) mass is 587 g/mol. The highest BCUT2D eigenvalue weighted by Gasteiger charge is 2.20. The highest BCUT2D eigenvalue weighted by molar-refractivity contribution is 6.23. The molecule has 1 heteroatoms. The molecule has 0 spiro atoms. The molecule has 1 nitrogen and oxygen atoms in total. The molecule has 0 aliphatic rings. The van der Waals surface area contributed by atoms with Gasteiger partial charge in [-0.15, -0.1) is 0 Å². The van der Waals surface area contributed by atoms with Crippen molar-refractivity contribution in [1.29, 1.82) is 0 Å². The fourth-order valence-corrected chi connectivity index (χ4v) is 6.08. The summed E-state index contributed by atoms with van der Waals surface area (Å²) in [6.07, 6.45) is 0. The Morgan fingerprint density at radius 3 is 1.69 bits per heavy atom. The Balaban J connectivity index is 1.45. The molecule has 0 N–H and O–H groups in total. The number of hydrogen-bond acceptors (Lipinski definition) is 1. The maximum Gasteiger partial charge on any atom is 0.143 e. The van der Waals surface area contributed by atoms with Crippen LogP contribution in [0.1, 0.15) is 20.6 Å². The first kappa shape index (κ1) is 14.7. The highest BCUT2D eigenvalue weighted by Crippen LogP contribution is 2.47. The number of fused-ring (bicyclic) bond motifs is 5. The Labute approximate surface area is 282 Å². The average Bonchev–Trinajstić information content (AvgIpc) is 3.66. The summed E-state index contributed by atoms with van der Waals surface area (Å²) in [5.74, 6) is 0. The summed E-state index contributed by atoms with van der Waals surface area (Å²) in [5, 5.41) is 1.56. The van der Waals surface area contributed by atoms with Crippen LogP contribution in [0.4, 0.5) is 0 Å². The van der Waals surface area contributed by atoms with E-state index in [1.54, 1.807) is 78.9 Å². The Morgan fingerprint density at radius 2 is 0.978 bits per heavy atom. The second-order valence-corrected chi connectivity index (χ2v) is 10.5. The predicted molar refractivity (Wildman–Crippen MR) is 190 cm³/mol. The smallest absolute Gasteiger partial charge is 0.143 e. The van der Waals surface area contributed by atoms with Gasteiger partial charge >= 0.3 is 0 Å². The highest BCUT2D eigenvalue weighted by atomic mass is 16.3. The van der Waals surface area contributed by atoms with Crippen molar-refractivity contribution >= 4 is 43.5 Å². The molecular formula is C44H28O. The molecule has 0 fully saturated rings. The van der Waals surface area contributed by atoms with Crippen LogP contribution in [0.5, 0.6) is 0 Å². The van der Waals surface area contributed by atoms with Gasteiger partial charge in [0, 0.05) is 16.3 Å². The number of benzene rings is 8. The van der Waals surface area contributed by atoms with E-state index < -0.39 is 66.0 Å². The lowest BCUT2D eigenvalue weighted by Gasteiger charge is -2.19. The summed E-state index contributed by atoms with van der Waals surface area (Å²) in [5.41, 5.74) is 0.336. The average molecular weight is 588 g/mol. The van der Waals surface area contributed by atoms with E-state index in [0.717, 1.165) is 0 Å². The SMILES string of the molecule is [2H]c1c([2H])c([2H])c(-c2c([2H])c([2H])c([2H])c([2H])c2-c2c3ccccc3c(-c3c([2H])c([2H])c4c(oc5c(-c6ccccc6)c([2H])c([2H])c([2H])c54)c3[2H])c3ccccc23)c([2H])c1[2H]. The van der Waals surface area contributed by atoms with Crippen LogP contribution in [0.25, 0.3) is 88.0 Å². The maximum atomic E-state index is 9.69. The van der Waals surface area contributed by atoms with E-state index in [1.807, 2.05) is 0 Å². The zero-order valence-corrected chi connectivity index (χ0v) is 23.4. The van der Waals surface area contributed by atoms with Crippen LogP contribution < -0.4 is 0 Å². The van der Waals surface area contributed by atoms with Gasteiger partial charge in [-0.25, -0.2) is 0 Å². The molecule has 0 amide bonds. The van der Waals surface area contributed by atoms with Crippen molar-refractivity contribution in [3.05, 3.63) is 169 Å². The predicted octanol–water partition coefficient (Wildman–Crippen LogP) is 12.6. The Morgan fingerprint density at radius 1 is 0.378 bits per heavy atom. The minimum atomic E-state index is -0.682. The van der Waals surface area contributed by atoms with E-state index in [2.05, 4.69) is 0 Å². The lowest BCUT2D eigenvalue weighted by molar-refractivity contribution is 0.670. The Bertz CT molecular complexity index is 3290. The zero-order chi connectivity index (χ0) is 42.8. The second kappa shape index (κ2) is 10.4. The first-order valence-corrected chi connectivity index (χ1v) is 14.2. The van der Waals surface area contributed by atoms with Gasteiger partial charge in [-0.2, -0.15) is 0 Å². The lowest BCUT2D eigenvalue weighted by atomic mass is 9.84. The van der Waals surface area contributed by atoms with Crippen LogP contribution in [-0.2, 0) is 0 Å². The van der Waals surface area contributed by atoms with Crippen LogP contribution in [0, 0.1) is 0 Å². The van der Waals surface area contributed by atoms with E-state index >= 15 is 0 Å². The molecule has 0 unspecified atom stereocenters. The number of furan rings is 1. The summed E-state index contributed by atoms with van der Waals surface area (Å²) in [6.45, 7) is 0. The third-order valence-corrected chi connectivity index (χ3v) is 7.99. The van der Waals surface area contributed by atoms with Gasteiger partial charge in [-0.05, 0) is 72.6 Å². The standard InChI is InChI=1S/C44H28O/c1-3-14-29(15-4-1)32-18-7-8-19-35(32)43-38-22-11-9-20-36(38)42(37-21-10-12-23-39(37)43)31-26-27-34-40-25-13-24-33(30-16-5-2-6-17-30)44(40)45-41(34)28-31/h1-28H/i1D,3D,4D,7D,8D,13D,14D,15D,18D,19D,24D,25D,26D,27D,28D. The third-order valence-electron chi connectivity index (χ3n) is 7.99. The van der Waals surface area contributed by atoms with Gasteiger partial charge in [0.1, 0.15) is 11.2 Å². The largest absolute Gasteiger partial charge is 0.455 e. The van der Waals surface area contributed by atoms with E-state index in [-0.39, 0.29) is 80.0 Å². The van der Waals surface area contributed by atoms with Gasteiger partial charge in [0.05, 0.1) is 20.6 Å². The first-order chi connectivity index (χ1) is 28.6. The first-order valence-electron chi connectivity index (χ1n) is 21.7. The molecule has 0 bridgehead atoms. The summed E-state index contributed by atoms with van der Waals surface area (Å²) < 4.78 is 140. The topological polar surface area (TPSA) is 13.1 Å². The molecule has 1 aromatic heterocycles. The lowest BCUT2D eigenvalue weighted by Crippen LogP contribution is -1.92. The number of para-hydroxylation sites is 1. The van der Waals surface area contributed by atoms with Crippen molar-refractivity contribution in [2.75, 3.05) is 0 Å². The molecule has 9 aromatic rings. The van der Waals surface area contributed by atoms with E-state index in [1.165, 1.54) is 0 Å². The van der Waals surface area contributed by atoms with Crippen molar-refractivity contribution in [2.24, 2.45) is 0 Å². The van der Waals surface area contributed by atoms with Crippen molar-refractivity contribution in [3.8, 4) is 44.5 Å². The molecule has 0 radical (unpaired) electrons. The Kier molecular flexibility index (Phi) is 3.39. The number of hydrogen-bond donors (Lipinski definition) is 0. The normalized spacial score (nSPS) is 16.2. The molecule has 0 aliphatic heterocycles.